The van der Waals surface area contributed by atoms with Crippen molar-refractivity contribution in [3.63, 3.8) is 0 Å². The highest BCUT2D eigenvalue weighted by Gasteiger charge is 2.18. The Kier molecular flexibility index (Phi) is 6.14. The van der Waals surface area contributed by atoms with Crippen molar-refractivity contribution < 1.29 is 14.3 Å². The van der Waals surface area contributed by atoms with Crippen molar-refractivity contribution in [3.05, 3.63) is 76.0 Å². The summed E-state index contributed by atoms with van der Waals surface area (Å²) in [4.78, 5) is 15.8. The molecule has 1 aromatic heterocycles. The molecule has 0 bridgehead atoms. The molecule has 0 spiro atoms. The maximum atomic E-state index is 12.9. The minimum Gasteiger partial charge on any atom is -0.497 e. The zero-order valence-corrected chi connectivity index (χ0v) is 16.6. The Labute approximate surface area is 164 Å². The van der Waals surface area contributed by atoms with E-state index in [9.17, 15) is 4.79 Å². The number of carbonyl (C=O) groups excluding carboxylic acids is 1. The second kappa shape index (κ2) is 8.73. The van der Waals surface area contributed by atoms with Gasteiger partial charge in [-0.3, -0.25) is 4.79 Å². The highest BCUT2D eigenvalue weighted by atomic mass is 32.1. The van der Waals surface area contributed by atoms with Gasteiger partial charge in [-0.25, -0.2) is 0 Å². The largest absolute Gasteiger partial charge is 0.497 e. The first-order valence-corrected chi connectivity index (χ1v) is 9.61. The zero-order valence-electron chi connectivity index (χ0n) is 15.8. The van der Waals surface area contributed by atoms with Gasteiger partial charge in [0.05, 0.1) is 13.7 Å². The molecular formula is C22H23NO3S. The van der Waals surface area contributed by atoms with Gasteiger partial charge in [0.25, 0.3) is 5.91 Å². The number of amides is 1. The second-order valence-corrected chi connectivity index (χ2v) is 7.40. The van der Waals surface area contributed by atoms with Crippen LogP contribution in [0.1, 0.15) is 16.0 Å². The summed E-state index contributed by atoms with van der Waals surface area (Å²) in [6, 6.07) is 17.5. The van der Waals surface area contributed by atoms with E-state index in [-0.39, 0.29) is 12.5 Å². The molecule has 0 radical (unpaired) electrons. The summed E-state index contributed by atoms with van der Waals surface area (Å²) >= 11 is 1.63. The number of benzene rings is 2. The molecule has 3 rings (SSSR count). The van der Waals surface area contributed by atoms with E-state index in [0.29, 0.717) is 12.3 Å². The Bertz CT molecular complexity index is 868. The van der Waals surface area contributed by atoms with Crippen LogP contribution in [0.2, 0.25) is 0 Å². The molecule has 5 heteroatoms. The van der Waals surface area contributed by atoms with Crippen LogP contribution in [0.4, 0.5) is 5.69 Å². The predicted molar refractivity (Wildman–Crippen MR) is 110 cm³/mol. The fourth-order valence-electron chi connectivity index (χ4n) is 2.88. The second-order valence-electron chi connectivity index (χ2n) is 6.37. The van der Waals surface area contributed by atoms with Gasteiger partial charge in [0.1, 0.15) is 11.5 Å². The molecule has 27 heavy (non-hydrogen) atoms. The van der Waals surface area contributed by atoms with Crippen molar-refractivity contribution in [3.8, 4) is 11.5 Å². The van der Waals surface area contributed by atoms with Gasteiger partial charge in [-0.15, -0.1) is 11.3 Å². The molecule has 1 amide bonds. The first-order valence-electron chi connectivity index (χ1n) is 8.73. The lowest BCUT2D eigenvalue weighted by atomic mass is 10.1. The Hall–Kier alpha value is -2.79. The molecule has 0 aliphatic rings. The molecule has 1 heterocycles. The lowest BCUT2D eigenvalue weighted by molar-refractivity contribution is -0.120. The standard InChI is InChI=1S/C22H23NO3S/c1-16-11-17(2)13-20(12-16)26-15-22(24)23(14-21-5-4-10-27-21)18-6-8-19(25-3)9-7-18/h4-13H,14-15H2,1-3H3. The third-order valence-corrected chi connectivity index (χ3v) is 5.00. The minimum absolute atomic E-state index is 0.0136. The van der Waals surface area contributed by atoms with Crippen molar-refractivity contribution >= 4 is 22.9 Å². The summed E-state index contributed by atoms with van der Waals surface area (Å²) in [5, 5.41) is 2.01. The maximum Gasteiger partial charge on any atom is 0.265 e. The quantitative estimate of drug-likeness (QED) is 0.579. The summed E-state index contributed by atoms with van der Waals surface area (Å²) in [5.74, 6) is 1.38. The number of hydrogen-bond donors (Lipinski definition) is 0. The van der Waals surface area contributed by atoms with Crippen LogP contribution in [0, 0.1) is 13.8 Å². The highest BCUT2D eigenvalue weighted by molar-refractivity contribution is 7.09. The molecule has 0 N–H and O–H groups in total. The van der Waals surface area contributed by atoms with Crippen molar-refractivity contribution in [1.82, 2.24) is 0 Å². The minimum atomic E-state index is -0.0901. The van der Waals surface area contributed by atoms with E-state index in [0.717, 1.165) is 27.4 Å². The van der Waals surface area contributed by atoms with E-state index in [1.165, 1.54) is 0 Å². The van der Waals surface area contributed by atoms with Crippen LogP contribution in [0.25, 0.3) is 0 Å². The average Bonchev–Trinajstić information content (AvgIpc) is 3.17. The molecule has 0 saturated carbocycles. The molecule has 140 valence electrons. The molecule has 4 nitrogen and oxygen atoms in total. The van der Waals surface area contributed by atoms with E-state index in [1.807, 2.05) is 67.8 Å². The molecule has 0 aliphatic heterocycles. The third-order valence-electron chi connectivity index (χ3n) is 4.14. The van der Waals surface area contributed by atoms with Gasteiger partial charge in [-0.1, -0.05) is 12.1 Å². The van der Waals surface area contributed by atoms with Crippen molar-refractivity contribution in [2.24, 2.45) is 0 Å². The van der Waals surface area contributed by atoms with Gasteiger partial charge in [-0.2, -0.15) is 0 Å². The number of rotatable bonds is 7. The Morgan fingerprint density at radius 1 is 1.00 bits per heavy atom. The van der Waals surface area contributed by atoms with Crippen molar-refractivity contribution in [2.45, 2.75) is 20.4 Å². The number of nitrogens with zero attached hydrogens (tertiary/aromatic N) is 1. The number of thiophene rings is 1. The summed E-state index contributed by atoms with van der Waals surface area (Å²) in [7, 11) is 1.63. The summed E-state index contributed by atoms with van der Waals surface area (Å²) in [5.41, 5.74) is 3.05. The van der Waals surface area contributed by atoms with Crippen LogP contribution in [0.3, 0.4) is 0 Å². The first kappa shape index (κ1) is 19.0. The molecule has 0 saturated heterocycles. The summed E-state index contributed by atoms with van der Waals surface area (Å²) in [6.07, 6.45) is 0. The normalized spacial score (nSPS) is 10.5. The number of anilines is 1. The van der Waals surface area contributed by atoms with Crippen LogP contribution in [-0.2, 0) is 11.3 Å². The topological polar surface area (TPSA) is 38.8 Å². The summed E-state index contributed by atoms with van der Waals surface area (Å²) in [6.45, 7) is 4.53. The first-order chi connectivity index (χ1) is 13.0. The molecule has 0 aliphatic carbocycles. The number of aryl methyl sites for hydroxylation is 2. The van der Waals surface area contributed by atoms with Crippen molar-refractivity contribution in [2.75, 3.05) is 18.6 Å². The van der Waals surface area contributed by atoms with Gasteiger partial charge in [0.15, 0.2) is 6.61 Å². The Morgan fingerprint density at radius 2 is 1.70 bits per heavy atom. The van der Waals surface area contributed by atoms with Crippen molar-refractivity contribution in [1.29, 1.82) is 0 Å². The number of ether oxygens (including phenoxy) is 2. The maximum absolute atomic E-state index is 12.9. The van der Waals surface area contributed by atoms with Gasteiger partial charge in [0.2, 0.25) is 0 Å². The van der Waals surface area contributed by atoms with Crippen LogP contribution < -0.4 is 14.4 Å². The SMILES string of the molecule is COc1ccc(N(Cc2cccs2)C(=O)COc2cc(C)cc(C)c2)cc1. The number of hydrogen-bond acceptors (Lipinski definition) is 4. The van der Waals surface area contributed by atoms with E-state index in [4.69, 9.17) is 9.47 Å². The number of methoxy groups -OCH3 is 1. The number of carbonyl (C=O) groups is 1. The van der Waals surface area contributed by atoms with E-state index in [2.05, 4.69) is 6.07 Å². The molecule has 0 fully saturated rings. The monoisotopic (exact) mass is 381 g/mol. The lowest BCUT2D eigenvalue weighted by Crippen LogP contribution is -2.34. The van der Waals surface area contributed by atoms with Gasteiger partial charge in [-0.05, 0) is 72.8 Å². The molecular weight excluding hydrogens is 358 g/mol. The van der Waals surface area contributed by atoms with Crippen LogP contribution in [0.15, 0.2) is 60.0 Å². The lowest BCUT2D eigenvalue weighted by Gasteiger charge is -2.23. The zero-order chi connectivity index (χ0) is 19.2. The van der Waals surface area contributed by atoms with Gasteiger partial charge in [0, 0.05) is 10.6 Å². The van der Waals surface area contributed by atoms with E-state index >= 15 is 0 Å². The smallest absolute Gasteiger partial charge is 0.265 e. The van der Waals surface area contributed by atoms with Gasteiger partial charge < -0.3 is 14.4 Å². The molecule has 3 aromatic rings. The molecule has 0 unspecified atom stereocenters. The van der Waals surface area contributed by atoms with Crippen LogP contribution in [-0.4, -0.2) is 19.6 Å². The summed E-state index contributed by atoms with van der Waals surface area (Å²) < 4.78 is 11.0. The Morgan fingerprint density at radius 3 is 2.30 bits per heavy atom. The highest BCUT2D eigenvalue weighted by Crippen LogP contribution is 2.23. The average molecular weight is 381 g/mol. The fraction of sp³-hybridized carbons (Fsp3) is 0.227. The van der Waals surface area contributed by atoms with Gasteiger partial charge >= 0.3 is 0 Å². The fourth-order valence-corrected chi connectivity index (χ4v) is 3.58. The third kappa shape index (κ3) is 5.11. The van der Waals surface area contributed by atoms with Crippen LogP contribution in [0.5, 0.6) is 11.5 Å². The van der Waals surface area contributed by atoms with E-state index in [1.54, 1.807) is 23.3 Å². The Balaban J connectivity index is 1.77. The molecule has 0 atom stereocenters. The molecule has 2 aromatic carbocycles. The predicted octanol–water partition coefficient (Wildman–Crippen LogP) is 4.99. The van der Waals surface area contributed by atoms with E-state index < -0.39 is 0 Å². The van der Waals surface area contributed by atoms with Crippen LogP contribution >= 0.6 is 11.3 Å².